The molecule has 10 heavy (non-hydrogen) atoms. The quantitative estimate of drug-likeness (QED) is 0.557. The highest BCUT2D eigenvalue weighted by molar-refractivity contribution is 5.70. The van der Waals surface area contributed by atoms with Gasteiger partial charge in [-0.25, -0.2) is 4.39 Å². The van der Waals surface area contributed by atoms with Crippen molar-refractivity contribution in [3.63, 3.8) is 0 Å². The molecule has 3 nitrogen and oxygen atoms in total. The van der Waals surface area contributed by atoms with E-state index < -0.39 is 24.2 Å². The van der Waals surface area contributed by atoms with Gasteiger partial charge in [0.25, 0.3) is 0 Å². The van der Waals surface area contributed by atoms with Gasteiger partial charge in [-0.2, -0.15) is 0 Å². The molecule has 0 saturated heterocycles. The van der Waals surface area contributed by atoms with E-state index >= 15 is 0 Å². The number of aliphatic carboxylic acids is 1. The molecule has 0 spiro atoms. The molecule has 1 rings (SSSR count). The summed E-state index contributed by atoms with van der Waals surface area (Å²) in [5.41, 5.74) is 0. The lowest BCUT2D eigenvalue weighted by Crippen LogP contribution is -2.12. The van der Waals surface area contributed by atoms with E-state index in [1.54, 1.807) is 0 Å². The largest absolute Gasteiger partial charge is 0.481 e. The number of hydrogen-bond acceptors (Lipinski definition) is 2. The smallest absolute Gasteiger partial charge is 0.306 e. The fourth-order valence-corrected chi connectivity index (χ4v) is 1.17. The predicted molar refractivity (Wildman–Crippen MR) is 31.3 cm³/mol. The van der Waals surface area contributed by atoms with Crippen LogP contribution < -0.4 is 0 Å². The van der Waals surface area contributed by atoms with E-state index in [0.29, 0.717) is 0 Å². The number of halogens is 1. The Morgan fingerprint density at radius 3 is 2.30 bits per heavy atom. The Morgan fingerprint density at radius 2 is 2.10 bits per heavy atom. The highest BCUT2D eigenvalue weighted by atomic mass is 19.1. The first-order valence-electron chi connectivity index (χ1n) is 3.16. The first kappa shape index (κ1) is 7.47. The zero-order chi connectivity index (χ0) is 7.72. The van der Waals surface area contributed by atoms with Crippen LogP contribution in [0.4, 0.5) is 4.39 Å². The first-order valence-corrected chi connectivity index (χ1v) is 3.16. The van der Waals surface area contributed by atoms with Crippen molar-refractivity contribution in [2.75, 3.05) is 0 Å². The van der Waals surface area contributed by atoms with Gasteiger partial charge in [0.15, 0.2) is 0 Å². The molecule has 0 aliphatic heterocycles. The number of carboxylic acids is 1. The van der Waals surface area contributed by atoms with Gasteiger partial charge in [0, 0.05) is 0 Å². The van der Waals surface area contributed by atoms with Crippen LogP contribution in [0.3, 0.4) is 0 Å². The number of carboxylic acid groups (broad SMARTS) is 1. The highest BCUT2D eigenvalue weighted by Gasteiger charge is 2.36. The maximum Gasteiger partial charge on any atom is 0.306 e. The van der Waals surface area contributed by atoms with Crippen molar-refractivity contribution in [3.05, 3.63) is 0 Å². The summed E-state index contributed by atoms with van der Waals surface area (Å²) in [5, 5.41) is 17.1. The summed E-state index contributed by atoms with van der Waals surface area (Å²) in [6.45, 7) is 0. The Balaban J connectivity index is 2.49. The molecular weight excluding hydrogens is 139 g/mol. The van der Waals surface area contributed by atoms with E-state index in [-0.39, 0.29) is 12.8 Å². The van der Waals surface area contributed by atoms with E-state index in [2.05, 4.69) is 0 Å². The van der Waals surface area contributed by atoms with Crippen LogP contribution in [-0.2, 0) is 4.79 Å². The van der Waals surface area contributed by atoms with Gasteiger partial charge in [-0.15, -0.1) is 0 Å². The van der Waals surface area contributed by atoms with Crippen LogP contribution in [0.2, 0.25) is 0 Å². The molecule has 0 amide bonds. The molecule has 3 atom stereocenters. The molecule has 0 aromatic heterocycles. The number of aliphatic hydroxyl groups is 1. The van der Waals surface area contributed by atoms with Gasteiger partial charge in [-0.05, 0) is 12.8 Å². The summed E-state index contributed by atoms with van der Waals surface area (Å²) in [7, 11) is 0. The summed E-state index contributed by atoms with van der Waals surface area (Å²) >= 11 is 0. The van der Waals surface area contributed by atoms with Crippen molar-refractivity contribution in [2.24, 2.45) is 5.92 Å². The lowest BCUT2D eigenvalue weighted by atomic mass is 10.1. The Hall–Kier alpha value is -0.640. The monoisotopic (exact) mass is 148 g/mol. The van der Waals surface area contributed by atoms with Crippen LogP contribution in [-0.4, -0.2) is 28.5 Å². The molecule has 0 aromatic rings. The van der Waals surface area contributed by atoms with Crippen LogP contribution in [0.5, 0.6) is 0 Å². The van der Waals surface area contributed by atoms with Crippen LogP contribution in [0.1, 0.15) is 12.8 Å². The second-order valence-electron chi connectivity index (χ2n) is 2.59. The summed E-state index contributed by atoms with van der Waals surface area (Å²) in [6.07, 6.45) is -2.41. The lowest BCUT2D eigenvalue weighted by Gasteiger charge is -2.00. The van der Waals surface area contributed by atoms with Crippen molar-refractivity contribution < 1.29 is 19.4 Å². The average Bonchev–Trinajstić information content (AvgIpc) is 2.13. The van der Waals surface area contributed by atoms with Crippen LogP contribution in [0.15, 0.2) is 0 Å². The highest BCUT2D eigenvalue weighted by Crippen LogP contribution is 2.28. The van der Waals surface area contributed by atoms with Crippen molar-refractivity contribution in [1.82, 2.24) is 0 Å². The number of rotatable bonds is 1. The predicted octanol–water partition coefficient (Wildman–Crippen LogP) is 0.180. The molecular formula is C6H9FO3. The zero-order valence-corrected chi connectivity index (χ0v) is 5.33. The summed E-state index contributed by atoms with van der Waals surface area (Å²) in [5.74, 6) is -1.70. The van der Waals surface area contributed by atoms with Gasteiger partial charge in [-0.1, -0.05) is 0 Å². The minimum absolute atomic E-state index is 0.0451. The molecule has 0 bridgehead atoms. The molecule has 1 aliphatic carbocycles. The third-order valence-electron chi connectivity index (χ3n) is 1.80. The van der Waals surface area contributed by atoms with E-state index in [0.717, 1.165) is 0 Å². The van der Waals surface area contributed by atoms with E-state index in [1.807, 2.05) is 0 Å². The second-order valence-corrected chi connectivity index (χ2v) is 2.59. The number of alkyl halides is 1. The number of aliphatic hydroxyl groups excluding tert-OH is 1. The zero-order valence-electron chi connectivity index (χ0n) is 5.33. The molecule has 0 radical (unpaired) electrons. The van der Waals surface area contributed by atoms with Crippen LogP contribution >= 0.6 is 0 Å². The molecule has 58 valence electrons. The fourth-order valence-electron chi connectivity index (χ4n) is 1.17. The second kappa shape index (κ2) is 2.54. The van der Waals surface area contributed by atoms with Gasteiger partial charge in [-0.3, -0.25) is 4.79 Å². The fraction of sp³-hybridized carbons (Fsp3) is 0.833. The molecule has 1 fully saturated rings. The molecule has 2 unspecified atom stereocenters. The van der Waals surface area contributed by atoms with Crippen molar-refractivity contribution in [3.8, 4) is 0 Å². The van der Waals surface area contributed by atoms with Crippen molar-refractivity contribution in [1.29, 1.82) is 0 Å². The normalized spacial score (nSPS) is 40.0. The minimum Gasteiger partial charge on any atom is -0.481 e. The maximum absolute atomic E-state index is 12.4. The summed E-state index contributed by atoms with van der Waals surface area (Å²) < 4.78 is 12.4. The number of hydrogen-bond donors (Lipinski definition) is 2. The van der Waals surface area contributed by atoms with E-state index in [4.69, 9.17) is 10.2 Å². The third-order valence-corrected chi connectivity index (χ3v) is 1.80. The van der Waals surface area contributed by atoms with Gasteiger partial charge in [0.2, 0.25) is 0 Å². The molecule has 0 aromatic carbocycles. The van der Waals surface area contributed by atoms with Crippen LogP contribution in [0.25, 0.3) is 0 Å². The SMILES string of the molecule is O=C(O)C1CC(O)[C@@H](F)C1. The van der Waals surface area contributed by atoms with Crippen molar-refractivity contribution in [2.45, 2.75) is 25.1 Å². The standard InChI is InChI=1S/C6H9FO3/c7-4-1-3(6(9)10)2-5(4)8/h3-5,8H,1-2H2,(H,9,10)/t3?,4-,5?/m0/s1. The topological polar surface area (TPSA) is 57.5 Å². The minimum atomic E-state index is -1.35. The van der Waals surface area contributed by atoms with E-state index in [1.165, 1.54) is 0 Å². The van der Waals surface area contributed by atoms with Crippen LogP contribution in [0, 0.1) is 5.92 Å². The Bertz CT molecular complexity index is 138. The number of carbonyl (C=O) groups is 1. The Kier molecular flexibility index (Phi) is 1.89. The van der Waals surface area contributed by atoms with E-state index in [9.17, 15) is 9.18 Å². The van der Waals surface area contributed by atoms with Gasteiger partial charge in [0.05, 0.1) is 12.0 Å². The molecule has 1 saturated carbocycles. The molecule has 2 N–H and O–H groups in total. The summed E-state index contributed by atoms with van der Waals surface area (Å²) in [6, 6.07) is 0. The molecule has 1 aliphatic rings. The van der Waals surface area contributed by atoms with Gasteiger partial charge >= 0.3 is 5.97 Å². The van der Waals surface area contributed by atoms with Crippen molar-refractivity contribution >= 4 is 5.97 Å². The molecule has 4 heteroatoms. The maximum atomic E-state index is 12.4. The Morgan fingerprint density at radius 1 is 1.50 bits per heavy atom. The Labute approximate surface area is 57.5 Å². The lowest BCUT2D eigenvalue weighted by molar-refractivity contribution is -0.141. The van der Waals surface area contributed by atoms with Gasteiger partial charge in [0.1, 0.15) is 6.17 Å². The van der Waals surface area contributed by atoms with Gasteiger partial charge < -0.3 is 10.2 Å². The third kappa shape index (κ3) is 1.26. The molecule has 0 heterocycles. The first-order chi connectivity index (χ1) is 4.61. The average molecular weight is 148 g/mol. The summed E-state index contributed by atoms with van der Waals surface area (Å²) in [4.78, 5) is 10.2.